The van der Waals surface area contributed by atoms with Gasteiger partial charge < -0.3 is 9.64 Å². The summed E-state index contributed by atoms with van der Waals surface area (Å²) in [6.45, 7) is 5.19. The van der Waals surface area contributed by atoms with Gasteiger partial charge in [0.25, 0.3) is 0 Å². The van der Waals surface area contributed by atoms with Crippen LogP contribution in [0.2, 0.25) is 0 Å². The van der Waals surface area contributed by atoms with Crippen LogP contribution in [-0.2, 0) is 4.74 Å². The van der Waals surface area contributed by atoms with Crippen molar-refractivity contribution in [3.63, 3.8) is 0 Å². The SMILES string of the molecule is Cc1ccccc1-c1cc(N2CCOCC2)ncc1C#N. The molecule has 4 nitrogen and oxygen atoms in total. The molecule has 21 heavy (non-hydrogen) atoms. The summed E-state index contributed by atoms with van der Waals surface area (Å²) in [5.41, 5.74) is 3.81. The molecule has 1 saturated heterocycles. The van der Waals surface area contributed by atoms with Crippen molar-refractivity contribution in [3.8, 4) is 17.2 Å². The number of hydrogen-bond donors (Lipinski definition) is 0. The summed E-state index contributed by atoms with van der Waals surface area (Å²) >= 11 is 0. The highest BCUT2D eigenvalue weighted by molar-refractivity contribution is 5.75. The number of ether oxygens (including phenoxy) is 1. The maximum Gasteiger partial charge on any atom is 0.129 e. The zero-order valence-electron chi connectivity index (χ0n) is 12.0. The fourth-order valence-electron chi connectivity index (χ4n) is 2.60. The molecule has 0 aliphatic carbocycles. The first-order valence-corrected chi connectivity index (χ1v) is 7.08. The Hall–Kier alpha value is -2.38. The lowest BCUT2D eigenvalue weighted by Gasteiger charge is -2.28. The van der Waals surface area contributed by atoms with Crippen molar-refractivity contribution in [3.05, 3.63) is 47.7 Å². The molecule has 0 saturated carbocycles. The Morgan fingerprint density at radius 1 is 1.19 bits per heavy atom. The van der Waals surface area contributed by atoms with Gasteiger partial charge in [-0.2, -0.15) is 5.26 Å². The quantitative estimate of drug-likeness (QED) is 0.848. The zero-order chi connectivity index (χ0) is 14.7. The Kier molecular flexibility index (Phi) is 3.85. The van der Waals surface area contributed by atoms with Crippen molar-refractivity contribution in [2.75, 3.05) is 31.2 Å². The van der Waals surface area contributed by atoms with Gasteiger partial charge in [-0.3, -0.25) is 0 Å². The van der Waals surface area contributed by atoms with Gasteiger partial charge in [0, 0.05) is 24.8 Å². The Morgan fingerprint density at radius 2 is 1.95 bits per heavy atom. The number of aryl methyl sites for hydroxylation is 1. The zero-order valence-corrected chi connectivity index (χ0v) is 12.0. The number of anilines is 1. The maximum atomic E-state index is 9.35. The number of nitriles is 1. The molecule has 106 valence electrons. The largest absolute Gasteiger partial charge is 0.378 e. The van der Waals surface area contributed by atoms with Crippen molar-refractivity contribution < 1.29 is 4.74 Å². The molecule has 0 spiro atoms. The van der Waals surface area contributed by atoms with E-state index < -0.39 is 0 Å². The van der Waals surface area contributed by atoms with Crippen LogP contribution in [-0.4, -0.2) is 31.3 Å². The van der Waals surface area contributed by atoms with E-state index in [4.69, 9.17) is 4.74 Å². The van der Waals surface area contributed by atoms with E-state index in [0.29, 0.717) is 5.56 Å². The van der Waals surface area contributed by atoms with Crippen LogP contribution in [0, 0.1) is 18.3 Å². The van der Waals surface area contributed by atoms with E-state index in [1.165, 1.54) is 0 Å². The van der Waals surface area contributed by atoms with Crippen LogP contribution in [0.15, 0.2) is 36.5 Å². The van der Waals surface area contributed by atoms with Crippen molar-refractivity contribution in [1.29, 1.82) is 5.26 Å². The Balaban J connectivity index is 2.06. The fourth-order valence-corrected chi connectivity index (χ4v) is 2.60. The normalized spacial score (nSPS) is 14.8. The van der Waals surface area contributed by atoms with E-state index in [1.807, 2.05) is 18.2 Å². The molecule has 1 fully saturated rings. The second-order valence-electron chi connectivity index (χ2n) is 5.11. The fraction of sp³-hybridized carbons (Fsp3) is 0.294. The molecule has 4 heteroatoms. The van der Waals surface area contributed by atoms with Crippen LogP contribution in [0.1, 0.15) is 11.1 Å². The lowest BCUT2D eigenvalue weighted by molar-refractivity contribution is 0.122. The summed E-state index contributed by atoms with van der Waals surface area (Å²) in [5, 5.41) is 9.35. The molecular weight excluding hydrogens is 262 g/mol. The van der Waals surface area contributed by atoms with Crippen LogP contribution in [0.4, 0.5) is 5.82 Å². The highest BCUT2D eigenvalue weighted by Gasteiger charge is 2.15. The molecule has 2 aromatic rings. The summed E-state index contributed by atoms with van der Waals surface area (Å²) < 4.78 is 5.38. The third-order valence-corrected chi connectivity index (χ3v) is 3.78. The summed E-state index contributed by atoms with van der Waals surface area (Å²) in [7, 11) is 0. The molecule has 0 bridgehead atoms. The molecular formula is C17H17N3O. The maximum absolute atomic E-state index is 9.35. The van der Waals surface area contributed by atoms with Gasteiger partial charge in [-0.15, -0.1) is 0 Å². The third kappa shape index (κ3) is 2.74. The molecule has 1 aliphatic heterocycles. The summed E-state index contributed by atoms with van der Waals surface area (Å²) in [6, 6.07) is 12.4. The molecule has 1 aromatic carbocycles. The minimum Gasteiger partial charge on any atom is -0.378 e. The van der Waals surface area contributed by atoms with E-state index in [1.54, 1.807) is 6.20 Å². The first-order chi connectivity index (χ1) is 10.3. The van der Waals surface area contributed by atoms with Crippen LogP contribution >= 0.6 is 0 Å². The van der Waals surface area contributed by atoms with Gasteiger partial charge in [0.15, 0.2) is 0 Å². The second-order valence-corrected chi connectivity index (χ2v) is 5.11. The van der Waals surface area contributed by atoms with Crippen LogP contribution < -0.4 is 4.90 Å². The summed E-state index contributed by atoms with van der Waals surface area (Å²) in [6.07, 6.45) is 1.67. The topological polar surface area (TPSA) is 49.1 Å². The van der Waals surface area contributed by atoms with Gasteiger partial charge in [-0.25, -0.2) is 4.98 Å². The number of pyridine rings is 1. The van der Waals surface area contributed by atoms with Crippen LogP contribution in [0.25, 0.3) is 11.1 Å². The van der Waals surface area contributed by atoms with Gasteiger partial charge in [0.1, 0.15) is 11.9 Å². The van der Waals surface area contributed by atoms with Crippen molar-refractivity contribution in [1.82, 2.24) is 4.98 Å². The molecule has 0 unspecified atom stereocenters. The molecule has 0 radical (unpaired) electrons. The number of nitrogens with zero attached hydrogens (tertiary/aromatic N) is 3. The standard InChI is InChI=1S/C17H17N3O/c1-13-4-2-3-5-15(13)16-10-17(19-12-14(16)11-18)20-6-8-21-9-7-20/h2-5,10,12H,6-9H2,1H3. The van der Waals surface area contributed by atoms with Gasteiger partial charge in [-0.05, 0) is 24.1 Å². The lowest BCUT2D eigenvalue weighted by Crippen LogP contribution is -2.36. The number of rotatable bonds is 2. The minimum atomic E-state index is 0.612. The Morgan fingerprint density at radius 3 is 2.67 bits per heavy atom. The van der Waals surface area contributed by atoms with Crippen molar-refractivity contribution >= 4 is 5.82 Å². The predicted molar refractivity (Wildman–Crippen MR) is 82.2 cm³/mol. The Labute approximate surface area is 124 Å². The van der Waals surface area contributed by atoms with E-state index in [-0.39, 0.29) is 0 Å². The van der Waals surface area contributed by atoms with Crippen molar-refractivity contribution in [2.24, 2.45) is 0 Å². The number of morpholine rings is 1. The molecule has 0 amide bonds. The molecule has 0 atom stereocenters. The highest BCUT2D eigenvalue weighted by Crippen LogP contribution is 2.29. The highest BCUT2D eigenvalue weighted by atomic mass is 16.5. The average Bonchev–Trinajstić information content (AvgIpc) is 2.55. The first kappa shape index (κ1) is 13.6. The van der Waals surface area contributed by atoms with E-state index in [0.717, 1.165) is 48.8 Å². The smallest absolute Gasteiger partial charge is 0.129 e. The number of benzene rings is 1. The molecule has 0 N–H and O–H groups in total. The average molecular weight is 279 g/mol. The van der Waals surface area contributed by atoms with Crippen LogP contribution in [0.3, 0.4) is 0 Å². The number of aromatic nitrogens is 1. The molecule has 3 rings (SSSR count). The molecule has 1 aliphatic rings. The summed E-state index contributed by atoms with van der Waals surface area (Å²) in [4.78, 5) is 6.64. The Bertz CT molecular complexity index is 685. The van der Waals surface area contributed by atoms with E-state index >= 15 is 0 Å². The van der Waals surface area contributed by atoms with Gasteiger partial charge >= 0.3 is 0 Å². The minimum absolute atomic E-state index is 0.612. The molecule has 2 heterocycles. The number of hydrogen-bond acceptors (Lipinski definition) is 4. The summed E-state index contributed by atoms with van der Waals surface area (Å²) in [5.74, 6) is 0.913. The van der Waals surface area contributed by atoms with Crippen LogP contribution in [0.5, 0.6) is 0 Å². The molecule has 1 aromatic heterocycles. The van der Waals surface area contributed by atoms with Gasteiger partial charge in [0.2, 0.25) is 0 Å². The third-order valence-electron chi connectivity index (χ3n) is 3.78. The monoisotopic (exact) mass is 279 g/mol. The first-order valence-electron chi connectivity index (χ1n) is 7.08. The van der Waals surface area contributed by atoms with Gasteiger partial charge in [-0.1, -0.05) is 24.3 Å². The lowest BCUT2D eigenvalue weighted by atomic mass is 9.98. The predicted octanol–water partition coefficient (Wildman–Crippen LogP) is 2.77. The second kappa shape index (κ2) is 5.94. The van der Waals surface area contributed by atoms with E-state index in [9.17, 15) is 5.26 Å². The van der Waals surface area contributed by atoms with Crippen molar-refractivity contribution in [2.45, 2.75) is 6.92 Å². The van der Waals surface area contributed by atoms with E-state index in [2.05, 4.69) is 35.0 Å². The van der Waals surface area contributed by atoms with Gasteiger partial charge in [0.05, 0.1) is 18.8 Å².